The van der Waals surface area contributed by atoms with Crippen LogP contribution in [0.1, 0.15) is 33.6 Å². The van der Waals surface area contributed by atoms with Gasteiger partial charge in [-0.1, -0.05) is 30.3 Å². The van der Waals surface area contributed by atoms with Crippen molar-refractivity contribution in [1.29, 1.82) is 0 Å². The minimum Gasteiger partial charge on any atom is -0.394 e. The number of β-amino-alcohol motifs (C(OH)–C–C–N with tert-alkyl or cyclic N) is 1. The second-order valence-corrected chi connectivity index (χ2v) is 3.37. The first kappa shape index (κ1) is 5.99. The van der Waals surface area contributed by atoms with Gasteiger partial charge in [0.15, 0.2) is 0 Å². The lowest BCUT2D eigenvalue weighted by molar-refractivity contribution is 0.136. The number of hydrogen-bond acceptors (Lipinski definition) is 3. The first-order chi connectivity index (χ1) is 9.55. The predicted octanol–water partition coefficient (Wildman–Crippen LogP) is 1.08. The van der Waals surface area contributed by atoms with E-state index in [4.69, 9.17) is 8.22 Å². The van der Waals surface area contributed by atoms with Gasteiger partial charge >= 0.3 is 0 Å². The van der Waals surface area contributed by atoms with E-state index < -0.39 is 32.0 Å². The SMILES string of the molecule is [2H]C([2H])([2H])C(CO)(NCC(O)c1ccccc1)C([2H])([2H])[2H]. The Bertz CT molecular complexity index is 431. The third kappa shape index (κ3) is 4.00. The molecule has 1 rings (SSSR count). The lowest BCUT2D eigenvalue weighted by Gasteiger charge is -2.25. The Balaban J connectivity index is 2.94. The van der Waals surface area contributed by atoms with Gasteiger partial charge < -0.3 is 15.5 Å². The monoisotopic (exact) mass is 215 g/mol. The second-order valence-electron chi connectivity index (χ2n) is 3.37. The molecule has 0 radical (unpaired) electrons. The van der Waals surface area contributed by atoms with Crippen LogP contribution in [0.25, 0.3) is 0 Å². The maximum absolute atomic E-state index is 10.00. The zero-order chi connectivity index (χ0) is 16.3. The molecule has 1 atom stereocenters. The Morgan fingerprint density at radius 2 is 2.07 bits per heavy atom. The predicted molar refractivity (Wildman–Crippen MR) is 60.6 cm³/mol. The molecule has 0 aliphatic rings. The molecule has 0 heterocycles. The summed E-state index contributed by atoms with van der Waals surface area (Å²) in [5.41, 5.74) is -1.96. The van der Waals surface area contributed by atoms with Gasteiger partial charge in [-0.05, 0) is 19.3 Å². The van der Waals surface area contributed by atoms with Crippen molar-refractivity contribution >= 4 is 0 Å². The number of rotatable bonds is 5. The van der Waals surface area contributed by atoms with E-state index in [0.717, 1.165) is 0 Å². The number of aliphatic hydroxyl groups excluding tert-OH is 2. The minimum atomic E-state index is -2.95. The molecule has 3 heteroatoms. The van der Waals surface area contributed by atoms with Crippen LogP contribution in [-0.2, 0) is 0 Å². The van der Waals surface area contributed by atoms with Crippen LogP contribution >= 0.6 is 0 Å². The minimum absolute atomic E-state index is 0.304. The molecule has 3 N–H and O–H groups in total. The molecule has 0 fully saturated rings. The maximum Gasteiger partial charge on any atom is 0.0914 e. The van der Waals surface area contributed by atoms with Crippen molar-refractivity contribution in [3.63, 3.8) is 0 Å². The normalized spacial score (nSPS) is 21.5. The second kappa shape index (κ2) is 5.26. The van der Waals surface area contributed by atoms with Gasteiger partial charge in [0.05, 0.1) is 12.7 Å². The summed E-state index contributed by atoms with van der Waals surface area (Å²) in [7, 11) is 0. The maximum atomic E-state index is 10.00. The Morgan fingerprint density at radius 1 is 1.40 bits per heavy atom. The van der Waals surface area contributed by atoms with E-state index in [1.807, 2.05) is 0 Å². The van der Waals surface area contributed by atoms with E-state index in [-0.39, 0.29) is 6.54 Å². The first-order valence-corrected chi connectivity index (χ1v) is 4.64. The average molecular weight is 215 g/mol. The molecule has 3 nitrogen and oxygen atoms in total. The number of aliphatic hydroxyl groups is 2. The first-order valence-electron chi connectivity index (χ1n) is 7.64. The smallest absolute Gasteiger partial charge is 0.0914 e. The van der Waals surface area contributed by atoms with Crippen molar-refractivity contribution in [2.24, 2.45) is 0 Å². The molecule has 0 bridgehead atoms. The van der Waals surface area contributed by atoms with Crippen LogP contribution < -0.4 is 5.32 Å². The number of hydrogen-bond donors (Lipinski definition) is 3. The third-order valence-corrected chi connectivity index (χ3v) is 2.02. The van der Waals surface area contributed by atoms with E-state index in [2.05, 4.69) is 5.32 Å². The summed E-state index contributed by atoms with van der Waals surface area (Å²) in [6.07, 6.45) is -1.08. The fourth-order valence-electron chi connectivity index (χ4n) is 1.12. The van der Waals surface area contributed by atoms with E-state index in [9.17, 15) is 10.2 Å². The number of nitrogens with one attached hydrogen (secondary N) is 1. The molecule has 1 unspecified atom stereocenters. The standard InChI is InChI=1S/C12H19NO2/c1-12(2,9-14)13-8-11(15)10-6-4-3-5-7-10/h3-7,11,13-15H,8-9H2,1-2H3/i1D3,2D3. The van der Waals surface area contributed by atoms with Crippen LogP contribution in [0, 0.1) is 0 Å². The van der Waals surface area contributed by atoms with Crippen molar-refractivity contribution in [2.45, 2.75) is 25.3 Å². The van der Waals surface area contributed by atoms with E-state index in [1.165, 1.54) is 0 Å². The molecular formula is C12H19NO2. The molecule has 1 aromatic carbocycles. The van der Waals surface area contributed by atoms with Crippen molar-refractivity contribution in [2.75, 3.05) is 13.2 Å². The van der Waals surface area contributed by atoms with Crippen LogP contribution in [0.4, 0.5) is 0 Å². The largest absolute Gasteiger partial charge is 0.394 e. The van der Waals surface area contributed by atoms with E-state index in [0.29, 0.717) is 5.56 Å². The molecule has 0 amide bonds. The van der Waals surface area contributed by atoms with Crippen LogP contribution in [0.5, 0.6) is 0 Å². The summed E-state index contributed by atoms with van der Waals surface area (Å²) in [6, 6.07) is 8.43. The quantitative estimate of drug-likeness (QED) is 0.689. The van der Waals surface area contributed by atoms with Gasteiger partial charge in [-0.2, -0.15) is 0 Å². The summed E-state index contributed by atoms with van der Waals surface area (Å²) in [6.45, 7) is -7.31. The van der Waals surface area contributed by atoms with Gasteiger partial charge in [0.2, 0.25) is 0 Å². The van der Waals surface area contributed by atoms with E-state index >= 15 is 0 Å². The highest BCUT2D eigenvalue weighted by Gasteiger charge is 2.17. The van der Waals surface area contributed by atoms with Crippen molar-refractivity contribution < 1.29 is 18.4 Å². The van der Waals surface area contributed by atoms with Crippen LogP contribution in [0.3, 0.4) is 0 Å². The van der Waals surface area contributed by atoms with Crippen LogP contribution in [0.15, 0.2) is 30.3 Å². The topological polar surface area (TPSA) is 52.5 Å². The Kier molecular flexibility index (Phi) is 2.10. The summed E-state index contributed by atoms with van der Waals surface area (Å²) in [5, 5.41) is 21.7. The fourth-order valence-corrected chi connectivity index (χ4v) is 1.12. The molecule has 0 aromatic heterocycles. The zero-order valence-electron chi connectivity index (χ0n) is 14.3. The summed E-state index contributed by atoms with van der Waals surface area (Å²) in [5.74, 6) is 0. The Hall–Kier alpha value is -0.900. The van der Waals surface area contributed by atoms with Gasteiger partial charge in [-0.3, -0.25) is 0 Å². The van der Waals surface area contributed by atoms with Crippen molar-refractivity contribution in [1.82, 2.24) is 5.32 Å². The molecule has 0 saturated carbocycles. The van der Waals surface area contributed by atoms with Gasteiger partial charge in [0.1, 0.15) is 0 Å². The zero-order valence-corrected chi connectivity index (χ0v) is 8.27. The van der Waals surface area contributed by atoms with Crippen molar-refractivity contribution in [3.8, 4) is 0 Å². The highest BCUT2D eigenvalue weighted by atomic mass is 16.3. The lowest BCUT2D eigenvalue weighted by Crippen LogP contribution is -2.44. The molecule has 15 heavy (non-hydrogen) atoms. The Labute approximate surface area is 99.2 Å². The molecule has 0 aliphatic heterocycles. The van der Waals surface area contributed by atoms with Gasteiger partial charge in [0, 0.05) is 20.3 Å². The summed E-state index contributed by atoms with van der Waals surface area (Å²) in [4.78, 5) is 0. The molecule has 1 aromatic rings. The number of benzene rings is 1. The van der Waals surface area contributed by atoms with Gasteiger partial charge in [-0.15, -0.1) is 0 Å². The molecule has 84 valence electrons. The van der Waals surface area contributed by atoms with Crippen LogP contribution in [0.2, 0.25) is 0 Å². The molecule has 0 saturated heterocycles. The molecule has 0 spiro atoms. The van der Waals surface area contributed by atoms with Crippen LogP contribution in [-0.4, -0.2) is 28.9 Å². The molecule has 0 aliphatic carbocycles. The Morgan fingerprint density at radius 3 is 2.60 bits per heavy atom. The van der Waals surface area contributed by atoms with Gasteiger partial charge in [-0.25, -0.2) is 0 Å². The molecular weight excluding hydrogens is 190 g/mol. The average Bonchev–Trinajstić information content (AvgIpc) is 2.37. The fraction of sp³-hybridized carbons (Fsp3) is 0.500. The summed E-state index contributed by atoms with van der Waals surface area (Å²) < 4.78 is 44.5. The summed E-state index contributed by atoms with van der Waals surface area (Å²) >= 11 is 0. The van der Waals surface area contributed by atoms with Crippen molar-refractivity contribution in [3.05, 3.63) is 35.9 Å². The highest BCUT2D eigenvalue weighted by Crippen LogP contribution is 2.12. The van der Waals surface area contributed by atoms with Gasteiger partial charge in [0.25, 0.3) is 0 Å². The lowest BCUT2D eigenvalue weighted by atomic mass is 10.1. The highest BCUT2D eigenvalue weighted by molar-refractivity contribution is 5.17. The van der Waals surface area contributed by atoms with E-state index in [1.54, 1.807) is 30.3 Å². The third-order valence-electron chi connectivity index (χ3n) is 2.02.